The SMILES string of the molecule is C1=COC2=CN3CC=C3OC2=C1. The van der Waals surface area contributed by atoms with Crippen LogP contribution in [0.1, 0.15) is 0 Å². The fourth-order valence-electron chi connectivity index (χ4n) is 1.30. The smallest absolute Gasteiger partial charge is 0.198 e. The van der Waals surface area contributed by atoms with Crippen molar-refractivity contribution in [2.45, 2.75) is 0 Å². The van der Waals surface area contributed by atoms with Gasteiger partial charge in [0.1, 0.15) is 0 Å². The first-order valence-corrected chi connectivity index (χ1v) is 3.84. The Morgan fingerprint density at radius 2 is 2.33 bits per heavy atom. The van der Waals surface area contributed by atoms with Gasteiger partial charge in [0.05, 0.1) is 12.5 Å². The molecule has 0 radical (unpaired) electrons. The summed E-state index contributed by atoms with van der Waals surface area (Å²) in [6, 6.07) is 0. The summed E-state index contributed by atoms with van der Waals surface area (Å²) in [4.78, 5) is 2.01. The van der Waals surface area contributed by atoms with Gasteiger partial charge in [-0.05, 0) is 18.2 Å². The second-order valence-electron chi connectivity index (χ2n) is 2.77. The molecular weight excluding hydrogens is 154 g/mol. The molecular formula is C9H7NO2. The van der Waals surface area contributed by atoms with E-state index in [1.165, 1.54) is 0 Å². The lowest BCUT2D eigenvalue weighted by atomic mass is 10.2. The monoisotopic (exact) mass is 161 g/mol. The van der Waals surface area contributed by atoms with Gasteiger partial charge >= 0.3 is 0 Å². The van der Waals surface area contributed by atoms with E-state index in [-0.39, 0.29) is 0 Å². The van der Waals surface area contributed by atoms with Gasteiger partial charge in [-0.1, -0.05) is 0 Å². The van der Waals surface area contributed by atoms with E-state index in [1.54, 1.807) is 6.26 Å². The van der Waals surface area contributed by atoms with Crippen molar-refractivity contribution in [1.82, 2.24) is 4.90 Å². The van der Waals surface area contributed by atoms with E-state index in [2.05, 4.69) is 0 Å². The summed E-state index contributed by atoms with van der Waals surface area (Å²) in [5.41, 5.74) is 0. The molecule has 0 spiro atoms. The third-order valence-electron chi connectivity index (χ3n) is 2.00. The van der Waals surface area contributed by atoms with Crippen molar-refractivity contribution in [2.75, 3.05) is 6.54 Å². The van der Waals surface area contributed by atoms with Gasteiger partial charge in [0.2, 0.25) is 0 Å². The molecule has 0 aromatic rings. The molecule has 0 saturated heterocycles. The summed E-state index contributed by atoms with van der Waals surface area (Å²) in [5.74, 6) is 2.48. The Bertz CT molecular complexity index is 350. The highest BCUT2D eigenvalue weighted by molar-refractivity contribution is 5.34. The first kappa shape index (κ1) is 5.94. The largest absolute Gasteiger partial charge is 0.460 e. The summed E-state index contributed by atoms with van der Waals surface area (Å²) < 4.78 is 10.7. The molecule has 0 N–H and O–H groups in total. The van der Waals surface area contributed by atoms with Crippen LogP contribution in [0.4, 0.5) is 0 Å². The van der Waals surface area contributed by atoms with E-state index in [9.17, 15) is 0 Å². The number of rotatable bonds is 0. The number of nitrogens with zero attached hydrogens (tertiary/aromatic N) is 1. The van der Waals surface area contributed by atoms with Crippen LogP contribution < -0.4 is 0 Å². The number of hydrogen-bond donors (Lipinski definition) is 0. The van der Waals surface area contributed by atoms with Crippen molar-refractivity contribution in [3.8, 4) is 0 Å². The summed E-state index contributed by atoms with van der Waals surface area (Å²) in [7, 11) is 0. The van der Waals surface area contributed by atoms with Crippen LogP contribution in [0.15, 0.2) is 48.1 Å². The molecule has 12 heavy (non-hydrogen) atoms. The molecule has 3 heterocycles. The maximum atomic E-state index is 5.49. The molecule has 0 atom stereocenters. The van der Waals surface area contributed by atoms with Crippen molar-refractivity contribution in [2.24, 2.45) is 0 Å². The predicted molar refractivity (Wildman–Crippen MR) is 42.3 cm³/mol. The van der Waals surface area contributed by atoms with Crippen LogP contribution in [0.3, 0.4) is 0 Å². The van der Waals surface area contributed by atoms with Crippen molar-refractivity contribution in [3.63, 3.8) is 0 Å². The van der Waals surface area contributed by atoms with Crippen LogP contribution >= 0.6 is 0 Å². The molecule has 0 aliphatic carbocycles. The van der Waals surface area contributed by atoms with E-state index in [1.807, 2.05) is 29.3 Å². The van der Waals surface area contributed by atoms with Crippen molar-refractivity contribution >= 4 is 0 Å². The van der Waals surface area contributed by atoms with E-state index < -0.39 is 0 Å². The fraction of sp³-hybridized carbons (Fsp3) is 0.111. The fourth-order valence-corrected chi connectivity index (χ4v) is 1.30. The van der Waals surface area contributed by atoms with E-state index in [0.29, 0.717) is 0 Å². The van der Waals surface area contributed by atoms with E-state index >= 15 is 0 Å². The molecule has 3 aliphatic rings. The van der Waals surface area contributed by atoms with Crippen LogP contribution in [-0.4, -0.2) is 11.4 Å². The lowest BCUT2D eigenvalue weighted by Gasteiger charge is -2.35. The van der Waals surface area contributed by atoms with Crippen LogP contribution in [0.5, 0.6) is 0 Å². The highest BCUT2D eigenvalue weighted by atomic mass is 16.5. The first-order valence-electron chi connectivity index (χ1n) is 3.84. The van der Waals surface area contributed by atoms with Gasteiger partial charge in [0.25, 0.3) is 0 Å². The quantitative estimate of drug-likeness (QED) is 0.536. The molecule has 0 amide bonds. The molecule has 3 nitrogen and oxygen atoms in total. The van der Waals surface area contributed by atoms with E-state index in [4.69, 9.17) is 9.47 Å². The summed E-state index contributed by atoms with van der Waals surface area (Å²) in [6.45, 7) is 0.916. The number of ether oxygens (including phenoxy) is 2. The molecule has 0 aromatic carbocycles. The number of hydrogen-bond acceptors (Lipinski definition) is 3. The molecule has 0 fully saturated rings. The van der Waals surface area contributed by atoms with Crippen molar-refractivity contribution in [1.29, 1.82) is 0 Å². The predicted octanol–water partition coefficient (Wildman–Crippen LogP) is 1.44. The van der Waals surface area contributed by atoms with Crippen molar-refractivity contribution in [3.05, 3.63) is 48.1 Å². The number of fused-ring (bicyclic) bond motifs is 2. The van der Waals surface area contributed by atoms with Gasteiger partial charge in [-0.25, -0.2) is 0 Å². The van der Waals surface area contributed by atoms with Gasteiger partial charge in [0, 0.05) is 6.54 Å². The Hall–Kier alpha value is -1.64. The highest BCUT2D eigenvalue weighted by Gasteiger charge is 2.27. The maximum Gasteiger partial charge on any atom is 0.198 e. The van der Waals surface area contributed by atoms with Gasteiger partial charge in [-0.3, -0.25) is 0 Å². The minimum absolute atomic E-state index is 0.786. The summed E-state index contributed by atoms with van der Waals surface area (Å²) >= 11 is 0. The lowest BCUT2D eigenvalue weighted by molar-refractivity contribution is 0.131. The molecule has 0 unspecified atom stereocenters. The Morgan fingerprint density at radius 1 is 1.33 bits per heavy atom. The van der Waals surface area contributed by atoms with Gasteiger partial charge in [-0.2, -0.15) is 0 Å². The minimum atomic E-state index is 0.786. The molecule has 0 aromatic heterocycles. The van der Waals surface area contributed by atoms with Gasteiger partial charge < -0.3 is 14.4 Å². The third kappa shape index (κ3) is 0.652. The second kappa shape index (κ2) is 1.94. The standard InChI is InChI=1S/C9H7NO2/c1-2-7-8(11-5-1)6-10-4-3-9(10)12-7/h1-3,5-6H,4H2. The second-order valence-corrected chi connectivity index (χ2v) is 2.77. The average Bonchev–Trinajstić information content (AvgIpc) is 2.09. The van der Waals surface area contributed by atoms with E-state index in [0.717, 1.165) is 23.9 Å². The highest BCUT2D eigenvalue weighted by Crippen LogP contribution is 2.32. The zero-order valence-electron chi connectivity index (χ0n) is 6.36. The average molecular weight is 161 g/mol. The number of allylic oxidation sites excluding steroid dienone is 2. The normalized spacial score (nSPS) is 23.3. The zero-order valence-corrected chi connectivity index (χ0v) is 6.36. The van der Waals surface area contributed by atoms with Gasteiger partial charge in [-0.15, -0.1) is 0 Å². The molecule has 0 bridgehead atoms. The molecule has 3 rings (SSSR count). The zero-order chi connectivity index (χ0) is 7.97. The van der Waals surface area contributed by atoms with Crippen molar-refractivity contribution < 1.29 is 9.47 Å². The maximum absolute atomic E-state index is 5.49. The molecule has 0 saturated carbocycles. The van der Waals surface area contributed by atoms with Crippen LogP contribution in [0, 0.1) is 0 Å². The molecule has 3 heteroatoms. The van der Waals surface area contributed by atoms with Crippen LogP contribution in [0.25, 0.3) is 0 Å². The molecule has 60 valence electrons. The Kier molecular flexibility index (Phi) is 0.961. The topological polar surface area (TPSA) is 21.7 Å². The summed E-state index contributed by atoms with van der Waals surface area (Å²) in [5, 5.41) is 0. The van der Waals surface area contributed by atoms with Crippen LogP contribution in [0.2, 0.25) is 0 Å². The Morgan fingerprint density at radius 3 is 3.17 bits per heavy atom. The lowest BCUT2D eigenvalue weighted by Crippen LogP contribution is -2.32. The molecule has 3 aliphatic heterocycles. The third-order valence-corrected chi connectivity index (χ3v) is 2.00. The van der Waals surface area contributed by atoms with Crippen LogP contribution in [-0.2, 0) is 9.47 Å². The minimum Gasteiger partial charge on any atom is -0.460 e. The first-order chi connectivity index (χ1) is 5.93. The Labute approximate surface area is 69.9 Å². The van der Waals surface area contributed by atoms with Gasteiger partial charge in [0.15, 0.2) is 17.4 Å². The summed E-state index contributed by atoms with van der Waals surface area (Å²) in [6.07, 6.45) is 9.35. The Balaban J connectivity index is 2.05.